The second-order valence-electron chi connectivity index (χ2n) is 4.86. The SMILES string of the molecule is COc1ccc2c(c1)C(=O)N(c1ccc(C(=O)O)c(O)c1)C2=O. The van der Waals surface area contributed by atoms with Crippen molar-refractivity contribution in [3.05, 3.63) is 53.1 Å². The van der Waals surface area contributed by atoms with Crippen LogP contribution in [0.5, 0.6) is 11.5 Å². The molecule has 3 rings (SSSR count). The summed E-state index contributed by atoms with van der Waals surface area (Å²) in [6.45, 7) is 0. The predicted octanol–water partition coefficient (Wildman–Crippen LogP) is 1.90. The minimum atomic E-state index is -1.30. The molecule has 0 fully saturated rings. The third-order valence-corrected chi connectivity index (χ3v) is 3.56. The van der Waals surface area contributed by atoms with Crippen molar-refractivity contribution >= 4 is 23.5 Å². The third kappa shape index (κ3) is 2.18. The lowest BCUT2D eigenvalue weighted by Crippen LogP contribution is -2.29. The molecule has 0 spiro atoms. The molecule has 2 N–H and O–H groups in total. The van der Waals surface area contributed by atoms with Crippen LogP contribution in [0.4, 0.5) is 5.69 Å². The normalized spacial score (nSPS) is 13.2. The molecule has 23 heavy (non-hydrogen) atoms. The standard InChI is InChI=1S/C16H11NO6/c1-23-9-3-5-10-12(7-9)15(20)17(14(10)19)8-2-4-11(16(21)22)13(18)6-8/h2-7,18H,1H3,(H,21,22). The van der Waals surface area contributed by atoms with Crippen LogP contribution in [0.1, 0.15) is 31.1 Å². The Balaban J connectivity index is 2.05. The van der Waals surface area contributed by atoms with E-state index in [-0.39, 0.29) is 22.4 Å². The highest BCUT2D eigenvalue weighted by molar-refractivity contribution is 6.34. The molecule has 7 nitrogen and oxygen atoms in total. The Morgan fingerprint density at radius 3 is 2.35 bits per heavy atom. The van der Waals surface area contributed by atoms with Gasteiger partial charge < -0.3 is 14.9 Å². The largest absolute Gasteiger partial charge is 0.507 e. The molecule has 1 aliphatic rings. The molecule has 0 saturated heterocycles. The van der Waals surface area contributed by atoms with Gasteiger partial charge >= 0.3 is 5.97 Å². The molecule has 1 heterocycles. The first-order valence-electron chi connectivity index (χ1n) is 6.57. The number of carboxylic acids is 1. The van der Waals surface area contributed by atoms with Crippen molar-refractivity contribution in [2.24, 2.45) is 0 Å². The van der Waals surface area contributed by atoms with E-state index in [4.69, 9.17) is 9.84 Å². The number of amides is 2. The number of methoxy groups -OCH3 is 1. The van der Waals surface area contributed by atoms with Crippen molar-refractivity contribution in [2.75, 3.05) is 12.0 Å². The van der Waals surface area contributed by atoms with E-state index in [0.717, 1.165) is 17.0 Å². The highest BCUT2D eigenvalue weighted by Gasteiger charge is 2.37. The van der Waals surface area contributed by atoms with E-state index in [1.54, 1.807) is 6.07 Å². The van der Waals surface area contributed by atoms with E-state index in [1.165, 1.54) is 25.3 Å². The topological polar surface area (TPSA) is 104 Å². The van der Waals surface area contributed by atoms with Crippen molar-refractivity contribution in [3.63, 3.8) is 0 Å². The summed E-state index contributed by atoms with van der Waals surface area (Å²) in [7, 11) is 1.45. The average molecular weight is 313 g/mol. The van der Waals surface area contributed by atoms with Gasteiger partial charge in [-0.2, -0.15) is 0 Å². The molecule has 0 aromatic heterocycles. The third-order valence-electron chi connectivity index (χ3n) is 3.56. The summed E-state index contributed by atoms with van der Waals surface area (Å²) in [4.78, 5) is 36.7. The van der Waals surface area contributed by atoms with Gasteiger partial charge in [-0.3, -0.25) is 9.59 Å². The minimum absolute atomic E-state index is 0.0951. The molecule has 2 aromatic rings. The van der Waals surface area contributed by atoms with Crippen LogP contribution < -0.4 is 9.64 Å². The lowest BCUT2D eigenvalue weighted by molar-refractivity contribution is 0.0693. The van der Waals surface area contributed by atoms with E-state index in [2.05, 4.69) is 0 Å². The highest BCUT2D eigenvalue weighted by Crippen LogP contribution is 2.33. The number of carbonyl (C=O) groups excluding carboxylic acids is 2. The van der Waals surface area contributed by atoms with Gasteiger partial charge in [-0.15, -0.1) is 0 Å². The number of carbonyl (C=O) groups is 3. The molecule has 116 valence electrons. The molecule has 0 saturated carbocycles. The van der Waals surface area contributed by atoms with Gasteiger partial charge in [-0.25, -0.2) is 9.69 Å². The molecule has 1 aliphatic heterocycles. The first kappa shape index (κ1) is 14.6. The highest BCUT2D eigenvalue weighted by atomic mass is 16.5. The van der Waals surface area contributed by atoms with Gasteiger partial charge in [0, 0.05) is 6.07 Å². The first-order chi connectivity index (χ1) is 10.9. The van der Waals surface area contributed by atoms with Gasteiger partial charge in [0.1, 0.15) is 17.1 Å². The lowest BCUT2D eigenvalue weighted by Gasteiger charge is -2.14. The number of imide groups is 1. The van der Waals surface area contributed by atoms with E-state index in [1.807, 2.05) is 0 Å². The number of phenols is 1. The Morgan fingerprint density at radius 1 is 1.04 bits per heavy atom. The number of benzene rings is 2. The van der Waals surface area contributed by atoms with E-state index >= 15 is 0 Å². The van der Waals surface area contributed by atoms with Gasteiger partial charge in [0.2, 0.25) is 0 Å². The molecule has 0 radical (unpaired) electrons. The molecule has 2 aromatic carbocycles. The molecule has 2 amide bonds. The van der Waals surface area contributed by atoms with Crippen molar-refractivity contribution in [3.8, 4) is 11.5 Å². The molecule has 0 aliphatic carbocycles. The fourth-order valence-electron chi connectivity index (χ4n) is 2.42. The number of ether oxygens (including phenoxy) is 1. The zero-order chi connectivity index (χ0) is 16.7. The number of rotatable bonds is 3. The number of fused-ring (bicyclic) bond motifs is 1. The van der Waals surface area contributed by atoms with Crippen LogP contribution in [-0.4, -0.2) is 35.1 Å². The van der Waals surface area contributed by atoms with Crippen LogP contribution >= 0.6 is 0 Å². The minimum Gasteiger partial charge on any atom is -0.507 e. The fourth-order valence-corrected chi connectivity index (χ4v) is 2.42. The predicted molar refractivity (Wildman–Crippen MR) is 79.2 cm³/mol. The van der Waals surface area contributed by atoms with Crippen LogP contribution in [0.15, 0.2) is 36.4 Å². The quantitative estimate of drug-likeness (QED) is 0.839. The Bertz CT molecular complexity index is 858. The van der Waals surface area contributed by atoms with Crippen LogP contribution in [0, 0.1) is 0 Å². The number of anilines is 1. The van der Waals surface area contributed by atoms with Crippen molar-refractivity contribution in [1.29, 1.82) is 0 Å². The number of aromatic hydroxyl groups is 1. The maximum Gasteiger partial charge on any atom is 0.339 e. The Kier molecular flexibility index (Phi) is 3.25. The van der Waals surface area contributed by atoms with Gasteiger partial charge in [-0.05, 0) is 30.3 Å². The maximum atomic E-state index is 12.5. The van der Waals surface area contributed by atoms with Crippen LogP contribution in [0.2, 0.25) is 0 Å². The summed E-state index contributed by atoms with van der Waals surface area (Å²) in [5, 5.41) is 18.6. The van der Waals surface area contributed by atoms with E-state index < -0.39 is 23.5 Å². The summed E-state index contributed by atoms with van der Waals surface area (Å²) in [5.74, 6) is -2.50. The van der Waals surface area contributed by atoms with Crippen molar-refractivity contribution < 1.29 is 29.3 Å². The smallest absolute Gasteiger partial charge is 0.339 e. The fraction of sp³-hybridized carbons (Fsp3) is 0.0625. The van der Waals surface area contributed by atoms with Gasteiger partial charge in [0.15, 0.2) is 0 Å². The second-order valence-corrected chi connectivity index (χ2v) is 4.86. The van der Waals surface area contributed by atoms with E-state index in [9.17, 15) is 19.5 Å². The second kappa shape index (κ2) is 5.13. The van der Waals surface area contributed by atoms with Gasteiger partial charge in [0.25, 0.3) is 11.8 Å². The summed E-state index contributed by atoms with van der Waals surface area (Å²) in [6, 6.07) is 8.01. The molecule has 7 heteroatoms. The van der Waals surface area contributed by atoms with Crippen LogP contribution in [-0.2, 0) is 0 Å². The van der Waals surface area contributed by atoms with Gasteiger partial charge in [-0.1, -0.05) is 0 Å². The molecular formula is C16H11NO6. The van der Waals surface area contributed by atoms with Crippen LogP contribution in [0.3, 0.4) is 0 Å². The Hall–Kier alpha value is -3.35. The summed E-state index contributed by atoms with van der Waals surface area (Å²) >= 11 is 0. The van der Waals surface area contributed by atoms with Crippen molar-refractivity contribution in [1.82, 2.24) is 0 Å². The summed E-state index contributed by atoms with van der Waals surface area (Å²) < 4.78 is 5.04. The number of nitrogens with zero attached hydrogens (tertiary/aromatic N) is 1. The number of hydrogen-bond donors (Lipinski definition) is 2. The average Bonchev–Trinajstić information content (AvgIpc) is 2.77. The Morgan fingerprint density at radius 2 is 1.74 bits per heavy atom. The van der Waals surface area contributed by atoms with Crippen LogP contribution in [0.25, 0.3) is 0 Å². The molecule has 0 unspecified atom stereocenters. The number of carboxylic acid groups (broad SMARTS) is 1. The molecular weight excluding hydrogens is 302 g/mol. The lowest BCUT2D eigenvalue weighted by atomic mass is 10.1. The van der Waals surface area contributed by atoms with Gasteiger partial charge in [0.05, 0.1) is 23.9 Å². The summed E-state index contributed by atoms with van der Waals surface area (Å²) in [6.07, 6.45) is 0. The molecule has 0 bridgehead atoms. The van der Waals surface area contributed by atoms with E-state index in [0.29, 0.717) is 5.75 Å². The summed E-state index contributed by atoms with van der Waals surface area (Å²) in [5.41, 5.74) is 0.193. The number of hydrogen-bond acceptors (Lipinski definition) is 5. The monoisotopic (exact) mass is 313 g/mol. The zero-order valence-electron chi connectivity index (χ0n) is 11.9. The maximum absolute atomic E-state index is 12.5. The number of aromatic carboxylic acids is 1. The zero-order valence-corrected chi connectivity index (χ0v) is 11.9. The van der Waals surface area contributed by atoms with Crippen molar-refractivity contribution in [2.45, 2.75) is 0 Å². The molecule has 0 atom stereocenters. The Labute approximate surface area is 130 Å². The first-order valence-corrected chi connectivity index (χ1v) is 6.57.